The summed E-state index contributed by atoms with van der Waals surface area (Å²) in [5, 5.41) is 0.701. The number of aryl methyl sites for hydroxylation is 1. The Bertz CT molecular complexity index is 960. The van der Waals surface area contributed by atoms with E-state index in [0.29, 0.717) is 31.1 Å². The van der Waals surface area contributed by atoms with E-state index in [1.165, 1.54) is 5.56 Å². The van der Waals surface area contributed by atoms with Crippen LogP contribution in [0.5, 0.6) is 0 Å². The van der Waals surface area contributed by atoms with Crippen LogP contribution in [0.1, 0.15) is 23.8 Å². The average molecular weight is 407 g/mol. The summed E-state index contributed by atoms with van der Waals surface area (Å²) >= 11 is 6.08. The van der Waals surface area contributed by atoms with Crippen molar-refractivity contribution < 1.29 is 9.53 Å². The highest BCUT2D eigenvalue weighted by Gasteiger charge is 2.26. The number of rotatable bonds is 5. The molecule has 2 heterocycles. The van der Waals surface area contributed by atoms with Crippen LogP contribution in [-0.4, -0.2) is 35.5 Å². The second-order valence-electron chi connectivity index (χ2n) is 7.17. The van der Waals surface area contributed by atoms with E-state index in [1.54, 1.807) is 0 Å². The maximum Gasteiger partial charge on any atom is 0.223 e. The van der Waals surface area contributed by atoms with Crippen molar-refractivity contribution in [2.24, 2.45) is 0 Å². The summed E-state index contributed by atoms with van der Waals surface area (Å²) < 4.78 is 5.89. The van der Waals surface area contributed by atoms with Crippen LogP contribution < -0.4 is 0 Å². The van der Waals surface area contributed by atoms with Crippen molar-refractivity contribution in [2.75, 3.05) is 19.7 Å². The summed E-state index contributed by atoms with van der Waals surface area (Å²) in [6.45, 7) is 1.70. The Hall–Kier alpha value is -2.69. The molecular formula is C24H23ClN2O2. The molecule has 1 aliphatic rings. The van der Waals surface area contributed by atoms with Gasteiger partial charge in [-0.2, -0.15) is 0 Å². The second-order valence-corrected chi connectivity index (χ2v) is 7.60. The predicted molar refractivity (Wildman–Crippen MR) is 115 cm³/mol. The van der Waals surface area contributed by atoms with Crippen molar-refractivity contribution >= 4 is 17.5 Å². The Balaban J connectivity index is 1.38. The van der Waals surface area contributed by atoms with Crippen molar-refractivity contribution in [1.29, 1.82) is 0 Å². The van der Waals surface area contributed by atoms with Crippen LogP contribution in [0.15, 0.2) is 72.9 Å². The van der Waals surface area contributed by atoms with Gasteiger partial charge in [-0.15, -0.1) is 0 Å². The van der Waals surface area contributed by atoms with Crippen LogP contribution >= 0.6 is 11.6 Å². The Morgan fingerprint density at radius 1 is 1.07 bits per heavy atom. The molecule has 29 heavy (non-hydrogen) atoms. The van der Waals surface area contributed by atoms with Gasteiger partial charge in [0.15, 0.2) is 0 Å². The maximum atomic E-state index is 12.7. The fourth-order valence-electron chi connectivity index (χ4n) is 3.54. The van der Waals surface area contributed by atoms with Crippen LogP contribution in [0.2, 0.25) is 5.02 Å². The number of nitrogens with zero attached hydrogens (tertiary/aromatic N) is 2. The highest BCUT2D eigenvalue weighted by atomic mass is 35.5. The van der Waals surface area contributed by atoms with Gasteiger partial charge in [-0.1, -0.05) is 60.1 Å². The summed E-state index contributed by atoms with van der Waals surface area (Å²) in [5.41, 5.74) is 4.06. The molecule has 4 nitrogen and oxygen atoms in total. The molecule has 1 atom stereocenters. The number of hydrogen-bond donors (Lipinski definition) is 0. The first-order chi connectivity index (χ1) is 14.2. The van der Waals surface area contributed by atoms with Gasteiger partial charge in [0.2, 0.25) is 5.91 Å². The number of ether oxygens (including phenoxy) is 1. The van der Waals surface area contributed by atoms with Gasteiger partial charge in [-0.05, 0) is 35.7 Å². The predicted octanol–water partition coefficient (Wildman–Crippen LogP) is 4.93. The summed E-state index contributed by atoms with van der Waals surface area (Å²) in [6, 6.07) is 21.8. The maximum absolute atomic E-state index is 12.7. The fourth-order valence-corrected chi connectivity index (χ4v) is 3.73. The van der Waals surface area contributed by atoms with Gasteiger partial charge >= 0.3 is 0 Å². The zero-order valence-corrected chi connectivity index (χ0v) is 16.9. The first-order valence-electron chi connectivity index (χ1n) is 9.84. The zero-order chi connectivity index (χ0) is 20.1. The monoisotopic (exact) mass is 406 g/mol. The zero-order valence-electron chi connectivity index (χ0n) is 16.1. The molecule has 2 aromatic carbocycles. The lowest BCUT2D eigenvalue weighted by Crippen LogP contribution is -2.42. The number of carbonyl (C=O) groups excluding carboxylic acids is 1. The van der Waals surface area contributed by atoms with E-state index in [0.717, 1.165) is 23.2 Å². The largest absolute Gasteiger partial charge is 0.368 e. The summed E-state index contributed by atoms with van der Waals surface area (Å²) in [6.07, 6.45) is 2.91. The number of benzene rings is 2. The van der Waals surface area contributed by atoms with Gasteiger partial charge in [-0.25, -0.2) is 0 Å². The van der Waals surface area contributed by atoms with Gasteiger partial charge < -0.3 is 9.64 Å². The van der Waals surface area contributed by atoms with Crippen molar-refractivity contribution in [2.45, 2.75) is 18.9 Å². The van der Waals surface area contributed by atoms with E-state index in [4.69, 9.17) is 16.3 Å². The van der Waals surface area contributed by atoms with Crippen LogP contribution in [0, 0.1) is 0 Å². The summed E-state index contributed by atoms with van der Waals surface area (Å²) in [4.78, 5) is 19.1. The number of halogens is 1. The lowest BCUT2D eigenvalue weighted by Gasteiger charge is -2.32. The number of amides is 1. The first-order valence-corrected chi connectivity index (χ1v) is 10.2. The van der Waals surface area contributed by atoms with E-state index in [2.05, 4.69) is 17.1 Å². The molecule has 148 valence electrons. The van der Waals surface area contributed by atoms with Crippen LogP contribution in [0.4, 0.5) is 0 Å². The highest BCUT2D eigenvalue weighted by molar-refractivity contribution is 6.30. The molecule has 1 aliphatic heterocycles. The number of morpholine rings is 1. The van der Waals surface area contributed by atoms with Gasteiger partial charge in [0, 0.05) is 29.7 Å². The minimum Gasteiger partial charge on any atom is -0.368 e. The van der Waals surface area contributed by atoms with Gasteiger partial charge in [0.05, 0.1) is 18.8 Å². The molecule has 0 N–H and O–H groups in total. The third kappa shape index (κ3) is 5.03. The Labute approximate surface area is 176 Å². The van der Waals surface area contributed by atoms with E-state index in [-0.39, 0.29) is 12.0 Å². The van der Waals surface area contributed by atoms with E-state index < -0.39 is 0 Å². The highest BCUT2D eigenvalue weighted by Crippen LogP contribution is 2.26. The SMILES string of the molecule is O=C(CCc1ccccc1)N1CCO[C@H](c2ccc(-c3cccc(Cl)c3)cn2)C1. The molecule has 1 fully saturated rings. The minimum atomic E-state index is -0.196. The summed E-state index contributed by atoms with van der Waals surface area (Å²) in [7, 11) is 0. The fraction of sp³-hybridized carbons (Fsp3) is 0.250. The quantitative estimate of drug-likeness (QED) is 0.603. The molecule has 5 heteroatoms. The summed E-state index contributed by atoms with van der Waals surface area (Å²) in [5.74, 6) is 0.165. The average Bonchev–Trinajstić information content (AvgIpc) is 2.78. The molecule has 3 aromatic rings. The molecule has 0 aliphatic carbocycles. The number of aromatic nitrogens is 1. The number of pyridine rings is 1. The third-order valence-electron chi connectivity index (χ3n) is 5.16. The molecule has 0 radical (unpaired) electrons. The van der Waals surface area contributed by atoms with Crippen molar-refractivity contribution in [3.8, 4) is 11.1 Å². The number of carbonyl (C=O) groups is 1. The second kappa shape index (κ2) is 9.21. The Morgan fingerprint density at radius 2 is 1.93 bits per heavy atom. The lowest BCUT2D eigenvalue weighted by molar-refractivity contribution is -0.139. The normalized spacial score (nSPS) is 16.6. The third-order valence-corrected chi connectivity index (χ3v) is 5.40. The Kier molecular flexibility index (Phi) is 6.23. The molecule has 1 amide bonds. The van der Waals surface area contributed by atoms with E-state index >= 15 is 0 Å². The van der Waals surface area contributed by atoms with Crippen molar-refractivity contribution in [3.63, 3.8) is 0 Å². The minimum absolute atomic E-state index is 0.165. The van der Waals surface area contributed by atoms with Crippen LogP contribution in [-0.2, 0) is 16.0 Å². The lowest BCUT2D eigenvalue weighted by atomic mass is 10.1. The molecule has 0 spiro atoms. The molecule has 0 bridgehead atoms. The molecule has 0 unspecified atom stereocenters. The molecule has 0 saturated carbocycles. The van der Waals surface area contributed by atoms with Gasteiger partial charge in [-0.3, -0.25) is 9.78 Å². The smallest absolute Gasteiger partial charge is 0.223 e. The molecule has 1 aromatic heterocycles. The Morgan fingerprint density at radius 3 is 2.69 bits per heavy atom. The topological polar surface area (TPSA) is 42.4 Å². The van der Waals surface area contributed by atoms with Crippen molar-refractivity contribution in [3.05, 3.63) is 89.2 Å². The van der Waals surface area contributed by atoms with Gasteiger partial charge in [0.1, 0.15) is 6.10 Å². The van der Waals surface area contributed by atoms with Crippen molar-refractivity contribution in [1.82, 2.24) is 9.88 Å². The molecule has 4 rings (SSSR count). The van der Waals surface area contributed by atoms with E-state index in [9.17, 15) is 4.79 Å². The van der Waals surface area contributed by atoms with Gasteiger partial charge in [0.25, 0.3) is 0 Å². The standard InChI is InChI=1S/C24H23ClN2O2/c25-21-8-4-7-19(15-21)20-10-11-22(26-16-20)23-17-27(13-14-29-23)24(28)12-9-18-5-2-1-3-6-18/h1-8,10-11,15-16,23H,9,12-14,17H2/t23-/m0/s1. The molecular weight excluding hydrogens is 384 g/mol. The molecule has 1 saturated heterocycles. The number of hydrogen-bond acceptors (Lipinski definition) is 3. The first kappa shape index (κ1) is 19.6. The van der Waals surface area contributed by atoms with E-state index in [1.807, 2.05) is 65.7 Å². The van der Waals surface area contributed by atoms with Crippen LogP contribution in [0.25, 0.3) is 11.1 Å². The van der Waals surface area contributed by atoms with Crippen LogP contribution in [0.3, 0.4) is 0 Å².